The smallest absolute Gasteiger partial charge is 0.168 e. The Morgan fingerprint density at radius 3 is 2.37 bits per heavy atom. The minimum atomic E-state index is -0.378. The zero-order valence-electron chi connectivity index (χ0n) is 10.7. The zero-order valence-corrected chi connectivity index (χ0v) is 10.7. The third-order valence-corrected chi connectivity index (χ3v) is 3.76. The van der Waals surface area contributed by atoms with Crippen molar-refractivity contribution in [2.24, 2.45) is 0 Å². The zero-order chi connectivity index (χ0) is 13.3. The molecule has 1 aromatic rings. The van der Waals surface area contributed by atoms with Crippen LogP contribution in [-0.2, 0) is 9.47 Å². The highest BCUT2D eigenvalue weighted by Crippen LogP contribution is 2.37. The SMILES string of the molecule is Oc1ccc(OC2CCC3(CC2)OCCO3)cc1O. The van der Waals surface area contributed by atoms with Gasteiger partial charge in [-0.15, -0.1) is 0 Å². The van der Waals surface area contributed by atoms with Gasteiger partial charge in [-0.1, -0.05) is 0 Å². The Morgan fingerprint density at radius 2 is 1.74 bits per heavy atom. The summed E-state index contributed by atoms with van der Waals surface area (Å²) in [5.41, 5.74) is 0. The molecule has 104 valence electrons. The van der Waals surface area contributed by atoms with Gasteiger partial charge in [0.2, 0.25) is 0 Å². The van der Waals surface area contributed by atoms with Crippen molar-refractivity contribution in [3.05, 3.63) is 18.2 Å². The molecule has 1 saturated carbocycles. The van der Waals surface area contributed by atoms with E-state index in [1.807, 2.05) is 0 Å². The fourth-order valence-corrected chi connectivity index (χ4v) is 2.70. The molecule has 2 aliphatic rings. The van der Waals surface area contributed by atoms with Crippen LogP contribution in [0.2, 0.25) is 0 Å². The third kappa shape index (κ3) is 2.62. The Labute approximate surface area is 111 Å². The van der Waals surface area contributed by atoms with Gasteiger partial charge in [0, 0.05) is 18.9 Å². The average Bonchev–Trinajstić information content (AvgIpc) is 2.86. The summed E-state index contributed by atoms with van der Waals surface area (Å²) < 4.78 is 17.1. The lowest BCUT2D eigenvalue weighted by Crippen LogP contribution is -2.38. The lowest BCUT2D eigenvalue weighted by Gasteiger charge is -2.35. The number of phenols is 2. The van der Waals surface area contributed by atoms with E-state index in [1.165, 1.54) is 12.1 Å². The van der Waals surface area contributed by atoms with Gasteiger partial charge in [-0.2, -0.15) is 0 Å². The van der Waals surface area contributed by atoms with E-state index >= 15 is 0 Å². The number of ether oxygens (including phenoxy) is 3. The molecule has 0 unspecified atom stereocenters. The van der Waals surface area contributed by atoms with E-state index in [-0.39, 0.29) is 23.4 Å². The van der Waals surface area contributed by atoms with Crippen LogP contribution in [0.15, 0.2) is 18.2 Å². The van der Waals surface area contributed by atoms with Crippen LogP contribution in [0.4, 0.5) is 0 Å². The molecule has 1 heterocycles. The van der Waals surface area contributed by atoms with Crippen molar-refractivity contribution >= 4 is 0 Å². The number of hydrogen-bond acceptors (Lipinski definition) is 5. The molecule has 0 atom stereocenters. The molecule has 3 rings (SSSR count). The molecular weight excluding hydrogens is 248 g/mol. The number of aromatic hydroxyl groups is 2. The highest BCUT2D eigenvalue weighted by atomic mass is 16.7. The lowest BCUT2D eigenvalue weighted by atomic mass is 9.92. The standard InChI is InChI=1S/C14H18O5/c15-12-2-1-11(9-13(12)16)19-10-3-5-14(6-4-10)17-7-8-18-14/h1-2,9-10,15-16H,3-8H2. The molecule has 1 saturated heterocycles. The van der Waals surface area contributed by atoms with E-state index in [0.717, 1.165) is 25.7 Å². The first-order valence-electron chi connectivity index (χ1n) is 6.63. The van der Waals surface area contributed by atoms with Crippen molar-refractivity contribution in [2.45, 2.75) is 37.6 Å². The van der Waals surface area contributed by atoms with Crippen LogP contribution in [0.5, 0.6) is 17.2 Å². The van der Waals surface area contributed by atoms with Gasteiger partial charge in [0.25, 0.3) is 0 Å². The molecular formula is C14H18O5. The van der Waals surface area contributed by atoms with Crippen LogP contribution in [0, 0.1) is 0 Å². The topological polar surface area (TPSA) is 68.2 Å². The Morgan fingerprint density at radius 1 is 1.05 bits per heavy atom. The second-order valence-electron chi connectivity index (χ2n) is 5.08. The van der Waals surface area contributed by atoms with E-state index in [9.17, 15) is 10.2 Å². The summed E-state index contributed by atoms with van der Waals surface area (Å²) in [6.07, 6.45) is 3.49. The predicted molar refractivity (Wildman–Crippen MR) is 67.3 cm³/mol. The molecule has 2 N–H and O–H groups in total. The van der Waals surface area contributed by atoms with Gasteiger partial charge in [-0.25, -0.2) is 0 Å². The van der Waals surface area contributed by atoms with Crippen LogP contribution in [-0.4, -0.2) is 35.3 Å². The summed E-state index contributed by atoms with van der Waals surface area (Å²) in [6.45, 7) is 1.36. The molecule has 1 aliphatic carbocycles. The number of hydrogen-bond donors (Lipinski definition) is 2. The van der Waals surface area contributed by atoms with Crippen LogP contribution in [0.3, 0.4) is 0 Å². The minimum absolute atomic E-state index is 0.0994. The molecule has 2 fully saturated rings. The molecule has 0 bridgehead atoms. The van der Waals surface area contributed by atoms with Crippen LogP contribution < -0.4 is 4.74 Å². The summed E-state index contributed by atoms with van der Waals surface area (Å²) in [5.74, 6) is -0.101. The van der Waals surface area contributed by atoms with Gasteiger partial charge in [-0.05, 0) is 25.0 Å². The summed E-state index contributed by atoms with van der Waals surface area (Å²) in [7, 11) is 0. The highest BCUT2D eigenvalue weighted by Gasteiger charge is 2.40. The van der Waals surface area contributed by atoms with Crippen molar-refractivity contribution in [3.8, 4) is 17.2 Å². The fourth-order valence-electron chi connectivity index (χ4n) is 2.70. The van der Waals surface area contributed by atoms with Crippen LogP contribution in [0.25, 0.3) is 0 Å². The Bertz CT molecular complexity index is 443. The quantitative estimate of drug-likeness (QED) is 0.803. The molecule has 19 heavy (non-hydrogen) atoms. The first-order chi connectivity index (χ1) is 9.17. The molecule has 1 spiro atoms. The second kappa shape index (κ2) is 4.90. The van der Waals surface area contributed by atoms with Crippen molar-refractivity contribution in [3.63, 3.8) is 0 Å². The van der Waals surface area contributed by atoms with Crippen LogP contribution >= 0.6 is 0 Å². The summed E-state index contributed by atoms with van der Waals surface area (Å²) in [6, 6.07) is 4.52. The fraction of sp³-hybridized carbons (Fsp3) is 0.571. The molecule has 0 amide bonds. The molecule has 0 radical (unpaired) electrons. The average molecular weight is 266 g/mol. The maximum absolute atomic E-state index is 9.43. The van der Waals surface area contributed by atoms with E-state index < -0.39 is 0 Å². The van der Waals surface area contributed by atoms with E-state index in [4.69, 9.17) is 14.2 Å². The molecule has 5 nitrogen and oxygen atoms in total. The molecule has 5 heteroatoms. The third-order valence-electron chi connectivity index (χ3n) is 3.76. The van der Waals surface area contributed by atoms with E-state index in [1.54, 1.807) is 6.07 Å². The van der Waals surface area contributed by atoms with Gasteiger partial charge < -0.3 is 24.4 Å². The highest BCUT2D eigenvalue weighted by molar-refractivity contribution is 5.43. The molecule has 1 aliphatic heterocycles. The normalized spacial score (nSPS) is 22.7. The molecule has 0 aromatic heterocycles. The van der Waals surface area contributed by atoms with Crippen molar-refractivity contribution in [1.29, 1.82) is 0 Å². The van der Waals surface area contributed by atoms with Gasteiger partial charge in [0.05, 0.1) is 19.3 Å². The minimum Gasteiger partial charge on any atom is -0.504 e. The monoisotopic (exact) mass is 266 g/mol. The molecule has 1 aromatic carbocycles. The number of phenolic OH excluding ortho intramolecular Hbond substituents is 2. The van der Waals surface area contributed by atoms with E-state index in [0.29, 0.717) is 19.0 Å². The maximum atomic E-state index is 9.43. The van der Waals surface area contributed by atoms with Crippen LogP contribution in [0.1, 0.15) is 25.7 Å². The van der Waals surface area contributed by atoms with Crippen molar-refractivity contribution in [1.82, 2.24) is 0 Å². The van der Waals surface area contributed by atoms with Crippen molar-refractivity contribution in [2.75, 3.05) is 13.2 Å². The van der Waals surface area contributed by atoms with Gasteiger partial charge in [-0.3, -0.25) is 0 Å². The first kappa shape index (κ1) is 12.6. The predicted octanol–water partition coefficient (Wildman–Crippen LogP) is 2.16. The van der Waals surface area contributed by atoms with Gasteiger partial charge in [0.15, 0.2) is 17.3 Å². The largest absolute Gasteiger partial charge is 0.504 e. The summed E-state index contributed by atoms with van der Waals surface area (Å²) in [4.78, 5) is 0. The summed E-state index contributed by atoms with van der Waals surface area (Å²) >= 11 is 0. The number of rotatable bonds is 2. The second-order valence-corrected chi connectivity index (χ2v) is 5.08. The van der Waals surface area contributed by atoms with Gasteiger partial charge in [0.1, 0.15) is 5.75 Å². The number of benzene rings is 1. The maximum Gasteiger partial charge on any atom is 0.168 e. The first-order valence-corrected chi connectivity index (χ1v) is 6.63. The Kier molecular flexibility index (Phi) is 3.24. The van der Waals surface area contributed by atoms with E-state index in [2.05, 4.69) is 0 Å². The van der Waals surface area contributed by atoms with Gasteiger partial charge >= 0.3 is 0 Å². The Hall–Kier alpha value is -1.46. The Balaban J connectivity index is 1.58. The lowest BCUT2D eigenvalue weighted by molar-refractivity contribution is -0.186. The summed E-state index contributed by atoms with van der Waals surface area (Å²) in [5, 5.41) is 18.7. The van der Waals surface area contributed by atoms with Crippen molar-refractivity contribution < 1.29 is 24.4 Å².